The van der Waals surface area contributed by atoms with Gasteiger partial charge in [-0.25, -0.2) is 9.94 Å². The van der Waals surface area contributed by atoms with Crippen molar-refractivity contribution in [2.75, 3.05) is 13.2 Å². The van der Waals surface area contributed by atoms with Gasteiger partial charge in [-0.1, -0.05) is 25.9 Å². The van der Waals surface area contributed by atoms with Crippen molar-refractivity contribution in [1.82, 2.24) is 40.8 Å². The van der Waals surface area contributed by atoms with Crippen LogP contribution in [0.2, 0.25) is 0 Å². The third kappa shape index (κ3) is 5.26. The average Bonchev–Trinajstić information content (AvgIpc) is 3.47. The number of rotatable bonds is 9. The van der Waals surface area contributed by atoms with Gasteiger partial charge in [-0.05, 0) is 17.5 Å². The van der Waals surface area contributed by atoms with Crippen molar-refractivity contribution >= 4 is 11.4 Å². The van der Waals surface area contributed by atoms with Crippen molar-refractivity contribution in [3.63, 3.8) is 0 Å². The normalized spacial score (nSPS) is 11.7. The lowest BCUT2D eigenvalue weighted by Crippen LogP contribution is -2.39. The maximum Gasteiger partial charge on any atom is 0.266 e. The first-order valence-corrected chi connectivity index (χ1v) is 10.9. The van der Waals surface area contributed by atoms with Crippen LogP contribution in [0.3, 0.4) is 0 Å². The molecule has 1 amide bonds. The number of amides is 1. The first kappa shape index (κ1) is 24.2. The zero-order chi connectivity index (χ0) is 25.0. The second-order valence-corrected chi connectivity index (χ2v) is 8.66. The lowest BCUT2D eigenvalue weighted by atomic mass is 9.88. The number of aromatic nitrogens is 6. The van der Waals surface area contributed by atoms with Crippen molar-refractivity contribution in [2.24, 2.45) is 0 Å². The Balaban J connectivity index is 1.59. The minimum atomic E-state index is -0.362. The number of pyridine rings is 1. The molecule has 4 heterocycles. The molecule has 35 heavy (non-hydrogen) atoms. The Morgan fingerprint density at radius 2 is 2.06 bits per heavy atom. The van der Waals surface area contributed by atoms with Gasteiger partial charge in [-0.15, -0.1) is 10.2 Å². The van der Waals surface area contributed by atoms with Gasteiger partial charge < -0.3 is 19.5 Å². The summed E-state index contributed by atoms with van der Waals surface area (Å²) in [5, 5.41) is 34.9. The van der Waals surface area contributed by atoms with Gasteiger partial charge >= 0.3 is 0 Å². The summed E-state index contributed by atoms with van der Waals surface area (Å²) in [4.78, 5) is 16.4. The Bertz CT molecular complexity index is 1310. The molecule has 4 aromatic heterocycles. The molecule has 0 bridgehead atoms. The second-order valence-electron chi connectivity index (χ2n) is 8.66. The van der Waals surface area contributed by atoms with Crippen LogP contribution in [-0.2, 0) is 18.6 Å². The van der Waals surface area contributed by atoms with Gasteiger partial charge in [0.05, 0.1) is 29.6 Å². The fourth-order valence-corrected chi connectivity index (χ4v) is 3.39. The number of fused-ring (bicyclic) bond motifs is 1. The predicted octanol–water partition coefficient (Wildman–Crippen LogP) is 0.770. The Hall–Kier alpha value is -3.94. The Kier molecular flexibility index (Phi) is 7.00. The topological polar surface area (TPSA) is 173 Å². The van der Waals surface area contributed by atoms with E-state index in [9.17, 15) is 9.90 Å². The smallest absolute Gasteiger partial charge is 0.266 e. The van der Waals surface area contributed by atoms with E-state index in [1.807, 2.05) is 20.8 Å². The van der Waals surface area contributed by atoms with Crippen LogP contribution in [0.25, 0.3) is 17.0 Å². The predicted molar refractivity (Wildman–Crippen MR) is 122 cm³/mol. The fourth-order valence-electron chi connectivity index (χ4n) is 3.39. The standard InChI is InChI=1S/C22H26N8O5/c1-22(2,3)18-17-10-25-26-19(16-8-15(11-32)35-29-16)30(17)28-21(18)34-12-14-5-4-13(9-23-14)20(33)27-24-6-7-31/h4-5,8-10,24,31-32H,6-7,11-12H2,1-3H3,(H,27,33). The minimum absolute atomic E-state index is 0.0929. The molecule has 0 aliphatic heterocycles. The first-order chi connectivity index (χ1) is 16.8. The number of carbonyl (C=O) groups excluding carboxylic acids is 1. The van der Waals surface area contributed by atoms with Crippen LogP contribution in [-0.4, -0.2) is 59.2 Å². The molecular formula is C22H26N8O5. The summed E-state index contributed by atoms with van der Waals surface area (Å²) >= 11 is 0. The van der Waals surface area contributed by atoms with E-state index in [2.05, 4.69) is 36.3 Å². The molecule has 13 nitrogen and oxygen atoms in total. The van der Waals surface area contributed by atoms with E-state index < -0.39 is 0 Å². The third-order valence-corrected chi connectivity index (χ3v) is 5.00. The highest BCUT2D eigenvalue weighted by atomic mass is 16.5. The maximum atomic E-state index is 12.1. The second kappa shape index (κ2) is 10.1. The van der Waals surface area contributed by atoms with E-state index >= 15 is 0 Å². The molecule has 0 fully saturated rings. The van der Waals surface area contributed by atoms with Gasteiger partial charge in [-0.3, -0.25) is 15.2 Å². The van der Waals surface area contributed by atoms with E-state index in [4.69, 9.17) is 14.4 Å². The summed E-state index contributed by atoms with van der Waals surface area (Å²) in [6, 6.07) is 4.89. The highest BCUT2D eigenvalue weighted by Gasteiger charge is 2.28. The van der Waals surface area contributed by atoms with Gasteiger partial charge in [0, 0.05) is 24.4 Å². The van der Waals surface area contributed by atoms with Crippen molar-refractivity contribution < 1.29 is 24.3 Å². The lowest BCUT2D eigenvalue weighted by Gasteiger charge is -2.18. The monoisotopic (exact) mass is 482 g/mol. The van der Waals surface area contributed by atoms with Crippen molar-refractivity contribution in [3.8, 4) is 17.4 Å². The Labute approximate surface area is 200 Å². The van der Waals surface area contributed by atoms with Crippen molar-refractivity contribution in [2.45, 2.75) is 39.4 Å². The number of carbonyl (C=O) groups is 1. The molecule has 184 valence electrons. The van der Waals surface area contributed by atoms with Crippen LogP contribution in [0.15, 0.2) is 35.1 Å². The van der Waals surface area contributed by atoms with Crippen LogP contribution in [0.4, 0.5) is 0 Å². The molecule has 0 saturated heterocycles. The number of aliphatic hydroxyl groups excluding tert-OH is 2. The Morgan fingerprint density at radius 3 is 2.71 bits per heavy atom. The summed E-state index contributed by atoms with van der Waals surface area (Å²) < 4.78 is 12.7. The van der Waals surface area contributed by atoms with E-state index in [-0.39, 0.29) is 37.7 Å². The summed E-state index contributed by atoms with van der Waals surface area (Å²) in [5.74, 6) is 0.662. The molecule has 4 aromatic rings. The molecule has 4 rings (SSSR count). The molecule has 4 N–H and O–H groups in total. The molecule has 0 aromatic carbocycles. The van der Waals surface area contributed by atoms with Crippen LogP contribution in [0.1, 0.15) is 48.1 Å². The molecular weight excluding hydrogens is 456 g/mol. The molecule has 0 unspecified atom stereocenters. The maximum absolute atomic E-state index is 12.1. The van der Waals surface area contributed by atoms with E-state index in [0.29, 0.717) is 39.9 Å². The lowest BCUT2D eigenvalue weighted by molar-refractivity contribution is 0.0929. The van der Waals surface area contributed by atoms with Gasteiger partial charge in [0.15, 0.2) is 11.5 Å². The molecule has 0 aliphatic rings. The summed E-state index contributed by atoms with van der Waals surface area (Å²) in [7, 11) is 0. The molecule has 0 saturated carbocycles. The molecule has 0 radical (unpaired) electrons. The zero-order valence-electron chi connectivity index (χ0n) is 19.5. The third-order valence-electron chi connectivity index (χ3n) is 5.00. The number of hydrogen-bond acceptors (Lipinski definition) is 11. The van der Waals surface area contributed by atoms with E-state index in [0.717, 1.165) is 5.56 Å². The highest BCUT2D eigenvalue weighted by molar-refractivity contribution is 5.93. The van der Waals surface area contributed by atoms with E-state index in [1.165, 1.54) is 6.20 Å². The quantitative estimate of drug-likeness (QED) is 0.196. The average molecular weight is 483 g/mol. The van der Waals surface area contributed by atoms with Gasteiger partial charge in [0.25, 0.3) is 5.91 Å². The van der Waals surface area contributed by atoms with Crippen molar-refractivity contribution in [3.05, 3.63) is 53.2 Å². The van der Waals surface area contributed by atoms with Crippen LogP contribution < -0.4 is 15.6 Å². The van der Waals surface area contributed by atoms with Gasteiger partial charge in [-0.2, -0.15) is 5.10 Å². The number of ether oxygens (including phenoxy) is 1. The van der Waals surface area contributed by atoms with Crippen LogP contribution >= 0.6 is 0 Å². The molecule has 13 heteroatoms. The SMILES string of the molecule is CC(C)(C)c1c(OCc2ccc(C(=O)NNCCO)cn2)nn2c(-c3cc(CO)on3)nncc12. The fraction of sp³-hybridized carbons (Fsp3) is 0.364. The largest absolute Gasteiger partial charge is 0.470 e. The molecule has 0 spiro atoms. The van der Waals surface area contributed by atoms with Crippen molar-refractivity contribution in [1.29, 1.82) is 0 Å². The zero-order valence-corrected chi connectivity index (χ0v) is 19.5. The van der Waals surface area contributed by atoms with Gasteiger partial charge in [0.1, 0.15) is 13.2 Å². The molecule has 0 aliphatic carbocycles. The first-order valence-electron chi connectivity index (χ1n) is 10.9. The highest BCUT2D eigenvalue weighted by Crippen LogP contribution is 2.36. The number of aliphatic hydroxyl groups is 2. The number of nitrogens with one attached hydrogen (secondary N) is 2. The summed E-state index contributed by atoms with van der Waals surface area (Å²) in [6.45, 7) is 6.08. The van der Waals surface area contributed by atoms with Crippen LogP contribution in [0, 0.1) is 0 Å². The minimum Gasteiger partial charge on any atom is -0.470 e. The van der Waals surface area contributed by atoms with Crippen LogP contribution in [0.5, 0.6) is 5.88 Å². The number of nitrogens with zero attached hydrogens (tertiary/aromatic N) is 6. The molecule has 0 atom stereocenters. The number of hydrogen-bond donors (Lipinski definition) is 4. The number of hydrazine groups is 1. The summed E-state index contributed by atoms with van der Waals surface area (Å²) in [5.41, 5.74) is 7.59. The van der Waals surface area contributed by atoms with Gasteiger partial charge in [0.2, 0.25) is 11.7 Å². The summed E-state index contributed by atoms with van der Waals surface area (Å²) in [6.07, 6.45) is 3.05. The van der Waals surface area contributed by atoms with E-state index in [1.54, 1.807) is 28.9 Å². The Morgan fingerprint density at radius 1 is 1.23 bits per heavy atom.